The minimum Gasteiger partial charge on any atom is -0.497 e. The number of amides is 1. The highest BCUT2D eigenvalue weighted by Crippen LogP contribution is 2.17. The van der Waals surface area contributed by atoms with E-state index in [-0.39, 0.29) is 19.1 Å². The summed E-state index contributed by atoms with van der Waals surface area (Å²) in [6, 6.07) is 7.57. The van der Waals surface area contributed by atoms with Crippen LogP contribution in [0.15, 0.2) is 29.4 Å². The van der Waals surface area contributed by atoms with Gasteiger partial charge in [-0.3, -0.25) is 4.79 Å². The molecule has 1 N–H and O–H groups in total. The number of nitrogens with zero attached hydrogens (tertiary/aromatic N) is 2. The Labute approximate surface area is 106 Å². The molecular formula is C13H16N2O3. The van der Waals surface area contributed by atoms with E-state index in [2.05, 4.69) is 5.10 Å². The molecule has 0 saturated carbocycles. The van der Waals surface area contributed by atoms with E-state index in [0.29, 0.717) is 12.8 Å². The van der Waals surface area contributed by atoms with Crippen LogP contribution in [0.3, 0.4) is 0 Å². The van der Waals surface area contributed by atoms with Gasteiger partial charge < -0.3 is 9.84 Å². The van der Waals surface area contributed by atoms with E-state index in [1.54, 1.807) is 7.11 Å². The predicted octanol–water partition coefficient (Wildman–Crippen LogP) is 1.01. The lowest BCUT2D eigenvalue weighted by Crippen LogP contribution is -2.34. The number of aliphatic hydroxyl groups is 1. The van der Waals surface area contributed by atoms with Crippen LogP contribution >= 0.6 is 0 Å². The topological polar surface area (TPSA) is 62.1 Å². The summed E-state index contributed by atoms with van der Waals surface area (Å²) in [5.74, 6) is 0.750. The Kier molecular flexibility index (Phi) is 3.94. The van der Waals surface area contributed by atoms with E-state index >= 15 is 0 Å². The van der Waals surface area contributed by atoms with Crippen molar-refractivity contribution in [3.63, 3.8) is 0 Å². The first-order chi connectivity index (χ1) is 8.74. The minimum absolute atomic E-state index is 0.0405. The number of hydrogen-bond acceptors (Lipinski definition) is 4. The summed E-state index contributed by atoms with van der Waals surface area (Å²) in [4.78, 5) is 11.5. The summed E-state index contributed by atoms with van der Waals surface area (Å²) in [5, 5.41) is 14.5. The van der Waals surface area contributed by atoms with Gasteiger partial charge in [0.05, 0.1) is 26.0 Å². The fourth-order valence-electron chi connectivity index (χ4n) is 1.86. The average molecular weight is 248 g/mol. The normalized spacial score (nSPS) is 15.6. The molecule has 18 heavy (non-hydrogen) atoms. The van der Waals surface area contributed by atoms with Crippen LogP contribution in [-0.2, 0) is 4.79 Å². The summed E-state index contributed by atoms with van der Waals surface area (Å²) in [6.07, 6.45) is 1.07. The molecule has 0 fully saturated rings. The van der Waals surface area contributed by atoms with Crippen LogP contribution in [-0.4, -0.2) is 42.0 Å². The molecule has 1 aromatic rings. The Hall–Kier alpha value is -1.88. The molecule has 0 unspecified atom stereocenters. The highest BCUT2D eigenvalue weighted by atomic mass is 16.5. The number of ether oxygens (including phenoxy) is 1. The largest absolute Gasteiger partial charge is 0.497 e. The van der Waals surface area contributed by atoms with Gasteiger partial charge in [0.1, 0.15) is 5.75 Å². The van der Waals surface area contributed by atoms with E-state index in [4.69, 9.17) is 9.84 Å². The molecule has 1 heterocycles. The molecule has 0 aromatic heterocycles. The smallest absolute Gasteiger partial charge is 0.243 e. The number of carbonyl (C=O) groups excluding carboxylic acids is 1. The third-order valence-corrected chi connectivity index (χ3v) is 2.84. The number of benzene rings is 1. The Morgan fingerprint density at radius 2 is 2.06 bits per heavy atom. The van der Waals surface area contributed by atoms with Gasteiger partial charge in [0.2, 0.25) is 5.91 Å². The van der Waals surface area contributed by atoms with E-state index < -0.39 is 0 Å². The maximum atomic E-state index is 11.5. The second kappa shape index (κ2) is 5.64. The van der Waals surface area contributed by atoms with Gasteiger partial charge in [0.25, 0.3) is 0 Å². The Morgan fingerprint density at radius 1 is 1.33 bits per heavy atom. The van der Waals surface area contributed by atoms with Crippen molar-refractivity contribution < 1.29 is 14.6 Å². The molecule has 1 aromatic carbocycles. The number of β-amino-alcohol motifs (C(OH)–C–C–N with tert-alkyl or cyclic N) is 1. The molecule has 1 aliphatic heterocycles. The summed E-state index contributed by atoms with van der Waals surface area (Å²) in [5.41, 5.74) is 1.84. The van der Waals surface area contributed by atoms with Crippen LogP contribution in [0.1, 0.15) is 18.4 Å². The Morgan fingerprint density at radius 3 is 2.67 bits per heavy atom. The average Bonchev–Trinajstić information content (AvgIpc) is 2.42. The van der Waals surface area contributed by atoms with Gasteiger partial charge in [-0.05, 0) is 29.8 Å². The first-order valence-corrected chi connectivity index (χ1v) is 5.87. The molecule has 0 spiro atoms. The lowest BCUT2D eigenvalue weighted by atomic mass is 10.0. The maximum Gasteiger partial charge on any atom is 0.243 e. The lowest BCUT2D eigenvalue weighted by Gasteiger charge is -2.22. The van der Waals surface area contributed by atoms with E-state index in [0.717, 1.165) is 17.0 Å². The highest BCUT2D eigenvalue weighted by molar-refractivity contribution is 6.04. The second-order valence-corrected chi connectivity index (χ2v) is 4.02. The molecule has 0 aliphatic carbocycles. The molecule has 0 saturated heterocycles. The number of carbonyl (C=O) groups is 1. The van der Waals surface area contributed by atoms with Crippen molar-refractivity contribution in [2.75, 3.05) is 20.3 Å². The Bertz CT molecular complexity index is 454. The maximum absolute atomic E-state index is 11.5. The SMILES string of the molecule is COc1ccc(C2=NN(CCO)C(=O)CC2)cc1. The molecule has 0 bridgehead atoms. The number of hydrazone groups is 1. The third-order valence-electron chi connectivity index (χ3n) is 2.84. The monoisotopic (exact) mass is 248 g/mol. The van der Waals surface area contributed by atoms with Crippen LogP contribution in [0.25, 0.3) is 0 Å². The third kappa shape index (κ3) is 2.68. The first-order valence-electron chi connectivity index (χ1n) is 5.87. The zero-order chi connectivity index (χ0) is 13.0. The molecular weight excluding hydrogens is 232 g/mol. The summed E-state index contributed by atoms with van der Waals surface area (Å²) >= 11 is 0. The first kappa shape index (κ1) is 12.6. The number of methoxy groups -OCH3 is 1. The van der Waals surface area contributed by atoms with Crippen LogP contribution < -0.4 is 4.74 Å². The zero-order valence-electron chi connectivity index (χ0n) is 10.3. The number of rotatable bonds is 4. The van der Waals surface area contributed by atoms with Crippen molar-refractivity contribution in [2.45, 2.75) is 12.8 Å². The van der Waals surface area contributed by atoms with E-state index in [9.17, 15) is 4.79 Å². The van der Waals surface area contributed by atoms with Gasteiger partial charge >= 0.3 is 0 Å². The molecule has 0 atom stereocenters. The van der Waals surface area contributed by atoms with Gasteiger partial charge in [-0.1, -0.05) is 0 Å². The van der Waals surface area contributed by atoms with Crippen molar-refractivity contribution in [1.29, 1.82) is 0 Å². The molecule has 1 amide bonds. The van der Waals surface area contributed by atoms with Crippen molar-refractivity contribution in [3.05, 3.63) is 29.8 Å². The Balaban J connectivity index is 2.20. The highest BCUT2D eigenvalue weighted by Gasteiger charge is 2.20. The van der Waals surface area contributed by atoms with Crippen molar-refractivity contribution in [1.82, 2.24) is 5.01 Å². The quantitative estimate of drug-likeness (QED) is 0.865. The zero-order valence-corrected chi connectivity index (χ0v) is 10.3. The molecule has 96 valence electrons. The predicted molar refractivity (Wildman–Crippen MR) is 67.6 cm³/mol. The van der Waals surface area contributed by atoms with E-state index in [1.807, 2.05) is 24.3 Å². The summed E-state index contributed by atoms with van der Waals surface area (Å²) in [6.45, 7) is 0.170. The van der Waals surface area contributed by atoms with Gasteiger partial charge in [0.15, 0.2) is 0 Å². The summed E-state index contributed by atoms with van der Waals surface area (Å²) in [7, 11) is 1.62. The van der Waals surface area contributed by atoms with Crippen molar-refractivity contribution in [3.8, 4) is 5.75 Å². The van der Waals surface area contributed by atoms with E-state index in [1.165, 1.54) is 5.01 Å². The van der Waals surface area contributed by atoms with Crippen LogP contribution in [0, 0.1) is 0 Å². The van der Waals surface area contributed by atoms with Gasteiger partial charge in [-0.15, -0.1) is 0 Å². The standard InChI is InChI=1S/C13H16N2O3/c1-18-11-4-2-10(3-5-11)12-6-7-13(17)15(14-12)8-9-16/h2-5,16H,6-9H2,1H3. The molecule has 1 aliphatic rings. The fourth-order valence-corrected chi connectivity index (χ4v) is 1.86. The van der Waals surface area contributed by atoms with Crippen molar-refractivity contribution in [2.24, 2.45) is 5.10 Å². The molecule has 5 nitrogen and oxygen atoms in total. The van der Waals surface area contributed by atoms with Crippen molar-refractivity contribution >= 4 is 11.6 Å². The molecule has 2 rings (SSSR count). The van der Waals surface area contributed by atoms with Crippen LogP contribution in [0.5, 0.6) is 5.75 Å². The second-order valence-electron chi connectivity index (χ2n) is 4.02. The van der Waals surface area contributed by atoms with Gasteiger partial charge in [-0.25, -0.2) is 5.01 Å². The van der Waals surface area contributed by atoms with Gasteiger partial charge in [0, 0.05) is 12.8 Å². The van der Waals surface area contributed by atoms with Crippen LogP contribution in [0.2, 0.25) is 0 Å². The lowest BCUT2D eigenvalue weighted by molar-refractivity contribution is -0.132. The fraction of sp³-hybridized carbons (Fsp3) is 0.385. The number of aliphatic hydroxyl groups excluding tert-OH is 1. The molecule has 5 heteroatoms. The van der Waals surface area contributed by atoms with Gasteiger partial charge in [-0.2, -0.15) is 5.10 Å². The summed E-state index contributed by atoms with van der Waals surface area (Å²) < 4.78 is 5.10. The van der Waals surface area contributed by atoms with Crippen LogP contribution in [0.4, 0.5) is 0 Å². The molecule has 0 radical (unpaired) electrons. The minimum atomic E-state index is -0.0782. The number of hydrogen-bond donors (Lipinski definition) is 1.